The summed E-state index contributed by atoms with van der Waals surface area (Å²) in [5.41, 5.74) is 15.0. The number of benzene rings is 2. The number of fused-ring (bicyclic) bond motifs is 3. The Morgan fingerprint density at radius 2 is 1.89 bits per heavy atom. The molecular weight excluding hydrogens is 484 g/mol. The van der Waals surface area contributed by atoms with Crippen molar-refractivity contribution in [3.8, 4) is 5.75 Å². The average Bonchev–Trinajstić information content (AvgIpc) is 3.24. The van der Waals surface area contributed by atoms with Crippen molar-refractivity contribution in [3.05, 3.63) is 59.9 Å². The molecule has 202 valence electrons. The zero-order valence-corrected chi connectivity index (χ0v) is 22.1. The number of hydrogen-bond donors (Lipinski definition) is 4. The van der Waals surface area contributed by atoms with E-state index in [0.29, 0.717) is 50.7 Å². The van der Waals surface area contributed by atoms with Crippen molar-refractivity contribution in [1.82, 2.24) is 19.9 Å². The molecule has 2 heterocycles. The highest BCUT2D eigenvalue weighted by Gasteiger charge is 2.25. The normalized spacial score (nSPS) is 12.7. The molecule has 0 aliphatic carbocycles. The minimum absolute atomic E-state index is 0.175. The fourth-order valence-electron chi connectivity index (χ4n) is 4.42. The van der Waals surface area contributed by atoms with Crippen molar-refractivity contribution in [2.75, 3.05) is 25.5 Å². The Bertz CT molecular complexity index is 1400. The summed E-state index contributed by atoms with van der Waals surface area (Å²) in [6, 6.07) is 13.8. The third-order valence-corrected chi connectivity index (χ3v) is 6.29. The largest absolute Gasteiger partial charge is 0.508 e. The van der Waals surface area contributed by atoms with E-state index < -0.39 is 11.6 Å². The maximum absolute atomic E-state index is 12.5. The lowest BCUT2D eigenvalue weighted by atomic mass is 10.1. The van der Waals surface area contributed by atoms with Crippen LogP contribution in [-0.4, -0.2) is 57.0 Å². The van der Waals surface area contributed by atoms with Gasteiger partial charge in [0.05, 0.1) is 35.8 Å². The van der Waals surface area contributed by atoms with Gasteiger partial charge < -0.3 is 35.9 Å². The molecule has 6 N–H and O–H groups in total. The Kier molecular flexibility index (Phi) is 8.45. The lowest BCUT2D eigenvalue weighted by molar-refractivity contribution is -0.123. The van der Waals surface area contributed by atoms with Crippen LogP contribution < -0.4 is 16.8 Å². The minimum atomic E-state index is -0.696. The predicted octanol–water partition coefficient (Wildman–Crippen LogP) is 2.89. The molecule has 0 saturated carbocycles. The van der Waals surface area contributed by atoms with Crippen LogP contribution >= 0.6 is 0 Å². The average molecular weight is 521 g/mol. The van der Waals surface area contributed by atoms with Gasteiger partial charge in [0.1, 0.15) is 23.7 Å². The first-order chi connectivity index (χ1) is 18.2. The standard InChI is InChI=1S/C28H36N6O4/c1-4-37-16-23-33-24-25(20-7-5-6-8-22(20)32-26(24)30)34(23)17-28(2,3)38-14-13-31-27(36)21(29)15-18-9-11-19(35)12-10-18/h5-12,21,35H,4,13-17,29H2,1-3H3,(H2,30,32)(H,31,36). The van der Waals surface area contributed by atoms with Crippen LogP contribution in [0, 0.1) is 0 Å². The zero-order chi connectivity index (χ0) is 27.3. The Balaban J connectivity index is 1.42. The summed E-state index contributed by atoms with van der Waals surface area (Å²) < 4.78 is 14.0. The lowest BCUT2D eigenvalue weighted by Gasteiger charge is -2.27. The minimum Gasteiger partial charge on any atom is -0.508 e. The molecule has 0 radical (unpaired) electrons. The monoisotopic (exact) mass is 520 g/mol. The molecule has 4 aromatic rings. The number of nitrogens with one attached hydrogen (secondary N) is 1. The second-order valence-electron chi connectivity index (χ2n) is 9.84. The van der Waals surface area contributed by atoms with Gasteiger partial charge in [0.15, 0.2) is 5.82 Å². The molecule has 0 saturated heterocycles. The Hall–Kier alpha value is -3.73. The number of phenols is 1. The molecule has 0 bridgehead atoms. The molecule has 38 heavy (non-hydrogen) atoms. The molecule has 1 atom stereocenters. The number of nitrogens with two attached hydrogens (primary N) is 2. The summed E-state index contributed by atoms with van der Waals surface area (Å²) in [5.74, 6) is 1.04. The van der Waals surface area contributed by atoms with Gasteiger partial charge in [0, 0.05) is 18.5 Å². The van der Waals surface area contributed by atoms with Crippen LogP contribution in [0.1, 0.15) is 32.2 Å². The van der Waals surface area contributed by atoms with Gasteiger partial charge in [-0.15, -0.1) is 0 Å². The van der Waals surface area contributed by atoms with Crippen molar-refractivity contribution in [3.63, 3.8) is 0 Å². The highest BCUT2D eigenvalue weighted by molar-refractivity contribution is 6.06. The fourth-order valence-corrected chi connectivity index (χ4v) is 4.42. The second-order valence-corrected chi connectivity index (χ2v) is 9.84. The summed E-state index contributed by atoms with van der Waals surface area (Å²) in [4.78, 5) is 21.8. The van der Waals surface area contributed by atoms with Gasteiger partial charge >= 0.3 is 0 Å². The number of nitrogens with zero attached hydrogens (tertiary/aromatic N) is 3. The van der Waals surface area contributed by atoms with Crippen molar-refractivity contribution in [1.29, 1.82) is 0 Å². The van der Waals surface area contributed by atoms with Crippen LogP contribution in [0.3, 0.4) is 0 Å². The van der Waals surface area contributed by atoms with Crippen molar-refractivity contribution < 1.29 is 19.4 Å². The zero-order valence-electron chi connectivity index (χ0n) is 22.1. The first kappa shape index (κ1) is 27.3. The second kappa shape index (κ2) is 11.8. The quantitative estimate of drug-likeness (QED) is 0.208. The van der Waals surface area contributed by atoms with Crippen LogP contribution in [0.2, 0.25) is 0 Å². The Morgan fingerprint density at radius 1 is 1.16 bits per heavy atom. The molecule has 0 aliphatic rings. The molecule has 2 aromatic carbocycles. The smallest absolute Gasteiger partial charge is 0.237 e. The summed E-state index contributed by atoms with van der Waals surface area (Å²) >= 11 is 0. The van der Waals surface area contributed by atoms with E-state index in [1.165, 1.54) is 0 Å². The maximum atomic E-state index is 12.5. The van der Waals surface area contributed by atoms with Crippen LogP contribution in [-0.2, 0) is 33.8 Å². The van der Waals surface area contributed by atoms with Crippen LogP contribution in [0.5, 0.6) is 5.75 Å². The summed E-state index contributed by atoms with van der Waals surface area (Å²) in [6.07, 6.45) is 0.376. The number of aromatic hydroxyl groups is 1. The van der Waals surface area contributed by atoms with Crippen molar-refractivity contribution in [2.45, 2.75) is 52.0 Å². The molecule has 1 unspecified atom stereocenters. The Morgan fingerprint density at radius 3 is 2.63 bits per heavy atom. The van der Waals surface area contributed by atoms with Gasteiger partial charge in [-0.1, -0.05) is 30.3 Å². The molecule has 0 aliphatic heterocycles. The maximum Gasteiger partial charge on any atom is 0.237 e. The van der Waals surface area contributed by atoms with Gasteiger partial charge in [-0.3, -0.25) is 4.79 Å². The number of rotatable bonds is 12. The molecule has 0 fully saturated rings. The predicted molar refractivity (Wildman–Crippen MR) is 148 cm³/mol. The van der Waals surface area contributed by atoms with Gasteiger partial charge in [0.2, 0.25) is 5.91 Å². The first-order valence-corrected chi connectivity index (χ1v) is 12.7. The number of ether oxygens (including phenoxy) is 2. The number of phenolic OH excluding ortho intramolecular Hbond substituents is 1. The summed E-state index contributed by atoms with van der Waals surface area (Å²) in [7, 11) is 0. The number of carbonyl (C=O) groups is 1. The highest BCUT2D eigenvalue weighted by atomic mass is 16.5. The van der Waals surface area contributed by atoms with E-state index in [9.17, 15) is 9.90 Å². The SMILES string of the molecule is CCOCc1nc2c(N)nc3ccccc3c2n1CC(C)(C)OCCNC(=O)C(N)Cc1ccc(O)cc1. The summed E-state index contributed by atoms with van der Waals surface area (Å²) in [6.45, 7) is 7.95. The van der Waals surface area contributed by atoms with Crippen molar-refractivity contribution >= 4 is 33.7 Å². The fraction of sp³-hybridized carbons (Fsp3) is 0.393. The number of carbonyl (C=O) groups excluding carboxylic acids is 1. The number of anilines is 1. The first-order valence-electron chi connectivity index (χ1n) is 12.7. The third-order valence-electron chi connectivity index (χ3n) is 6.29. The summed E-state index contributed by atoms with van der Waals surface area (Å²) in [5, 5.41) is 13.2. The van der Waals surface area contributed by atoms with Crippen LogP contribution in [0.4, 0.5) is 5.82 Å². The number of pyridine rings is 1. The molecular formula is C28H36N6O4. The number of amides is 1. The van der Waals surface area contributed by atoms with E-state index in [1.807, 2.05) is 45.0 Å². The number of nitrogen functional groups attached to an aromatic ring is 1. The molecule has 2 aromatic heterocycles. The van der Waals surface area contributed by atoms with E-state index in [2.05, 4.69) is 14.9 Å². The number of para-hydroxylation sites is 1. The van der Waals surface area contributed by atoms with Crippen molar-refractivity contribution in [2.24, 2.45) is 5.73 Å². The van der Waals surface area contributed by atoms with Crippen LogP contribution in [0.15, 0.2) is 48.5 Å². The molecule has 1 amide bonds. The number of aromatic nitrogens is 3. The van der Waals surface area contributed by atoms with Crippen LogP contribution in [0.25, 0.3) is 21.9 Å². The molecule has 0 spiro atoms. The molecule has 10 heteroatoms. The van der Waals surface area contributed by atoms with E-state index in [-0.39, 0.29) is 11.7 Å². The molecule has 10 nitrogen and oxygen atoms in total. The van der Waals surface area contributed by atoms with Gasteiger partial charge in [-0.05, 0) is 51.0 Å². The number of hydrogen-bond acceptors (Lipinski definition) is 8. The Labute approximate surface area is 222 Å². The lowest BCUT2D eigenvalue weighted by Crippen LogP contribution is -2.44. The van der Waals surface area contributed by atoms with E-state index in [4.69, 9.17) is 25.9 Å². The van der Waals surface area contributed by atoms with Gasteiger partial charge in [-0.2, -0.15) is 0 Å². The van der Waals surface area contributed by atoms with E-state index in [0.717, 1.165) is 27.8 Å². The van der Waals surface area contributed by atoms with Gasteiger partial charge in [-0.25, -0.2) is 9.97 Å². The topological polar surface area (TPSA) is 151 Å². The van der Waals surface area contributed by atoms with Gasteiger partial charge in [0.25, 0.3) is 0 Å². The number of imidazole rings is 1. The highest BCUT2D eigenvalue weighted by Crippen LogP contribution is 2.30. The van der Waals surface area contributed by atoms with E-state index in [1.54, 1.807) is 24.3 Å². The van der Waals surface area contributed by atoms with E-state index >= 15 is 0 Å². The third kappa shape index (κ3) is 6.39. The molecule has 4 rings (SSSR count).